The first-order valence-corrected chi connectivity index (χ1v) is 9.69. The average molecular weight is 453 g/mol. The lowest BCUT2D eigenvalue weighted by molar-refractivity contribution is -0.146. The van der Waals surface area contributed by atoms with E-state index in [9.17, 15) is 19.4 Å². The van der Waals surface area contributed by atoms with Crippen molar-refractivity contribution in [2.75, 3.05) is 17.7 Å². The first-order valence-electron chi connectivity index (χ1n) is 8.90. The summed E-state index contributed by atoms with van der Waals surface area (Å²) in [5.41, 5.74) is 5.63. The van der Waals surface area contributed by atoms with Gasteiger partial charge in [0, 0.05) is 6.20 Å². The SMILES string of the molecule is CC1CC(c2ccncc2NC(=O)c2nc(Br)ccc2N)CC(O)C1(O)CF. The van der Waals surface area contributed by atoms with Crippen molar-refractivity contribution in [2.45, 2.75) is 37.4 Å². The summed E-state index contributed by atoms with van der Waals surface area (Å²) in [4.78, 5) is 20.8. The van der Waals surface area contributed by atoms with E-state index in [1.807, 2.05) is 0 Å². The summed E-state index contributed by atoms with van der Waals surface area (Å²) in [5.74, 6) is -1.12. The van der Waals surface area contributed by atoms with Crippen LogP contribution in [0.25, 0.3) is 0 Å². The van der Waals surface area contributed by atoms with Gasteiger partial charge < -0.3 is 21.3 Å². The van der Waals surface area contributed by atoms with Crippen molar-refractivity contribution >= 4 is 33.2 Å². The molecule has 2 aromatic heterocycles. The van der Waals surface area contributed by atoms with Crippen LogP contribution in [0, 0.1) is 5.92 Å². The topological polar surface area (TPSA) is 121 Å². The van der Waals surface area contributed by atoms with Gasteiger partial charge in [0.25, 0.3) is 5.91 Å². The number of nitrogens with two attached hydrogens (primary N) is 1. The van der Waals surface area contributed by atoms with Crippen molar-refractivity contribution < 1.29 is 19.4 Å². The van der Waals surface area contributed by atoms with Gasteiger partial charge in [-0.15, -0.1) is 0 Å². The normalized spacial score (nSPS) is 27.4. The van der Waals surface area contributed by atoms with E-state index in [1.54, 1.807) is 31.3 Å². The fourth-order valence-electron chi connectivity index (χ4n) is 3.68. The van der Waals surface area contributed by atoms with E-state index < -0.39 is 30.2 Å². The molecule has 3 rings (SSSR count). The van der Waals surface area contributed by atoms with Crippen LogP contribution < -0.4 is 11.1 Å². The third-order valence-electron chi connectivity index (χ3n) is 5.44. The van der Waals surface area contributed by atoms with Crippen molar-refractivity contribution in [2.24, 2.45) is 5.92 Å². The Hall–Kier alpha value is -2.10. The molecule has 2 heterocycles. The minimum atomic E-state index is -1.75. The highest BCUT2D eigenvalue weighted by atomic mass is 79.9. The Morgan fingerprint density at radius 2 is 2.18 bits per heavy atom. The van der Waals surface area contributed by atoms with E-state index in [4.69, 9.17) is 5.73 Å². The molecule has 1 amide bonds. The largest absolute Gasteiger partial charge is 0.397 e. The number of carbonyl (C=O) groups is 1. The first kappa shape index (κ1) is 20.6. The Morgan fingerprint density at radius 1 is 1.43 bits per heavy atom. The molecule has 0 bridgehead atoms. The number of rotatable bonds is 4. The number of aliphatic hydroxyl groups excluding tert-OH is 1. The van der Waals surface area contributed by atoms with Gasteiger partial charge in [0.15, 0.2) is 5.69 Å². The number of alkyl halides is 1. The summed E-state index contributed by atoms with van der Waals surface area (Å²) in [6, 6.07) is 4.96. The van der Waals surface area contributed by atoms with Crippen molar-refractivity contribution in [1.29, 1.82) is 0 Å². The minimum absolute atomic E-state index is 0.0769. The summed E-state index contributed by atoms with van der Waals surface area (Å²) in [7, 11) is 0. The molecule has 5 N–H and O–H groups in total. The number of hydrogen-bond acceptors (Lipinski definition) is 6. The number of hydrogen-bond donors (Lipinski definition) is 4. The predicted molar refractivity (Wildman–Crippen MR) is 107 cm³/mol. The lowest BCUT2D eigenvalue weighted by Crippen LogP contribution is -2.53. The van der Waals surface area contributed by atoms with Crippen molar-refractivity contribution in [3.63, 3.8) is 0 Å². The van der Waals surface area contributed by atoms with Crippen LogP contribution in [0.4, 0.5) is 15.8 Å². The molecule has 7 nitrogen and oxygen atoms in total. The summed E-state index contributed by atoms with van der Waals surface area (Å²) >= 11 is 3.22. The maximum Gasteiger partial charge on any atom is 0.276 e. The van der Waals surface area contributed by atoms with Crippen LogP contribution in [-0.2, 0) is 0 Å². The number of carbonyl (C=O) groups excluding carboxylic acids is 1. The molecule has 1 aliphatic rings. The molecule has 4 unspecified atom stereocenters. The quantitative estimate of drug-likeness (QED) is 0.529. The molecule has 0 spiro atoms. The molecule has 0 radical (unpaired) electrons. The van der Waals surface area contributed by atoms with Crippen LogP contribution in [0.2, 0.25) is 0 Å². The van der Waals surface area contributed by atoms with Gasteiger partial charge in [-0.05, 0) is 64.4 Å². The van der Waals surface area contributed by atoms with E-state index in [0.717, 1.165) is 5.56 Å². The zero-order valence-electron chi connectivity index (χ0n) is 15.3. The Labute approximate surface area is 170 Å². The number of aliphatic hydroxyl groups is 2. The van der Waals surface area contributed by atoms with Gasteiger partial charge in [0.2, 0.25) is 0 Å². The number of halogens is 2. The zero-order chi connectivity index (χ0) is 20.5. The van der Waals surface area contributed by atoms with E-state index in [0.29, 0.717) is 16.7 Å². The molecule has 28 heavy (non-hydrogen) atoms. The van der Waals surface area contributed by atoms with Gasteiger partial charge in [-0.2, -0.15) is 0 Å². The lowest BCUT2D eigenvalue weighted by Gasteiger charge is -2.43. The number of nitrogen functional groups attached to an aromatic ring is 1. The first-order chi connectivity index (χ1) is 13.3. The van der Waals surface area contributed by atoms with Crippen molar-refractivity contribution in [3.8, 4) is 0 Å². The molecule has 2 aromatic rings. The summed E-state index contributed by atoms with van der Waals surface area (Å²) in [5, 5.41) is 23.5. The van der Waals surface area contributed by atoms with Gasteiger partial charge in [-0.1, -0.05) is 6.92 Å². The molecule has 0 aromatic carbocycles. The predicted octanol–water partition coefficient (Wildman–Crippen LogP) is 2.65. The molecule has 1 aliphatic carbocycles. The number of nitrogens with one attached hydrogen (secondary N) is 1. The zero-order valence-corrected chi connectivity index (χ0v) is 16.9. The maximum absolute atomic E-state index is 13.3. The number of nitrogens with zero attached hydrogens (tertiary/aromatic N) is 2. The van der Waals surface area contributed by atoms with Gasteiger partial charge in [-0.25, -0.2) is 9.37 Å². The van der Waals surface area contributed by atoms with Crippen molar-refractivity contribution in [1.82, 2.24) is 9.97 Å². The number of anilines is 2. The Balaban J connectivity index is 1.86. The third kappa shape index (κ3) is 3.87. The Kier molecular flexibility index (Phi) is 5.97. The van der Waals surface area contributed by atoms with E-state index >= 15 is 0 Å². The molecule has 4 atom stereocenters. The van der Waals surface area contributed by atoms with Gasteiger partial charge in [0.05, 0.1) is 23.7 Å². The third-order valence-corrected chi connectivity index (χ3v) is 5.88. The second-order valence-electron chi connectivity index (χ2n) is 7.20. The number of aromatic nitrogens is 2. The highest BCUT2D eigenvalue weighted by Crippen LogP contribution is 2.44. The fourth-order valence-corrected chi connectivity index (χ4v) is 3.99. The molecule has 0 aliphatic heterocycles. The van der Waals surface area contributed by atoms with Gasteiger partial charge in [-0.3, -0.25) is 9.78 Å². The second kappa shape index (κ2) is 8.10. The van der Waals surface area contributed by atoms with Crippen LogP contribution in [0.3, 0.4) is 0 Å². The molecular weight excluding hydrogens is 431 g/mol. The standard InChI is InChI=1S/C19H22BrFN4O3/c1-10-6-11(7-15(26)19(10,28)9-21)12-4-5-23-8-14(12)24-18(27)17-13(22)2-3-16(20)25-17/h2-5,8,10-11,15,26,28H,6-7,9,22H2,1H3,(H,24,27). The molecular formula is C19H22BrFN4O3. The highest BCUT2D eigenvalue weighted by molar-refractivity contribution is 9.10. The highest BCUT2D eigenvalue weighted by Gasteiger charge is 2.47. The van der Waals surface area contributed by atoms with E-state index in [2.05, 4.69) is 31.2 Å². The molecule has 0 saturated heterocycles. The fraction of sp³-hybridized carbons (Fsp3) is 0.421. The molecule has 150 valence electrons. The Morgan fingerprint density at radius 3 is 2.86 bits per heavy atom. The van der Waals surface area contributed by atoms with Gasteiger partial charge in [0.1, 0.15) is 16.9 Å². The van der Waals surface area contributed by atoms with Crippen LogP contribution in [0.1, 0.15) is 41.7 Å². The summed E-state index contributed by atoms with van der Waals surface area (Å²) < 4.78 is 13.8. The summed E-state index contributed by atoms with van der Waals surface area (Å²) in [6.07, 6.45) is 2.53. The van der Waals surface area contributed by atoms with E-state index in [-0.39, 0.29) is 23.7 Å². The van der Waals surface area contributed by atoms with Crippen LogP contribution in [0.15, 0.2) is 35.2 Å². The van der Waals surface area contributed by atoms with Crippen LogP contribution >= 0.6 is 15.9 Å². The maximum atomic E-state index is 13.3. The minimum Gasteiger partial charge on any atom is -0.397 e. The monoisotopic (exact) mass is 452 g/mol. The lowest BCUT2D eigenvalue weighted by atomic mass is 9.68. The molecule has 1 saturated carbocycles. The van der Waals surface area contributed by atoms with Crippen molar-refractivity contribution in [3.05, 3.63) is 46.5 Å². The smallest absolute Gasteiger partial charge is 0.276 e. The van der Waals surface area contributed by atoms with Crippen LogP contribution in [-0.4, -0.2) is 44.5 Å². The average Bonchev–Trinajstić information content (AvgIpc) is 2.68. The number of pyridine rings is 2. The molecule has 9 heteroatoms. The van der Waals surface area contributed by atoms with E-state index in [1.165, 1.54) is 6.20 Å². The number of amides is 1. The second-order valence-corrected chi connectivity index (χ2v) is 8.01. The Bertz CT molecular complexity index is 870. The summed E-state index contributed by atoms with van der Waals surface area (Å²) in [6.45, 7) is 0.705. The van der Waals surface area contributed by atoms with Gasteiger partial charge >= 0.3 is 0 Å². The van der Waals surface area contributed by atoms with Crippen LogP contribution in [0.5, 0.6) is 0 Å². The molecule has 1 fully saturated rings.